The summed E-state index contributed by atoms with van der Waals surface area (Å²) in [5, 5.41) is 15.1. The van der Waals surface area contributed by atoms with Gasteiger partial charge in [0.2, 0.25) is 0 Å². The first kappa shape index (κ1) is 28.4. The molecule has 5 aromatic rings. The number of hydrogen-bond donors (Lipinski definition) is 3. The lowest BCUT2D eigenvalue weighted by molar-refractivity contribution is 0.0935. The lowest BCUT2D eigenvalue weighted by Crippen LogP contribution is -2.28. The molecular formula is C36H37N5O2. The number of rotatable bonds is 9. The highest BCUT2D eigenvalue weighted by atomic mass is 16.3. The van der Waals surface area contributed by atoms with E-state index in [9.17, 15) is 9.90 Å². The first-order valence-electron chi connectivity index (χ1n) is 15.1. The predicted octanol–water partition coefficient (Wildman–Crippen LogP) is 7.30. The van der Waals surface area contributed by atoms with Crippen molar-refractivity contribution in [2.45, 2.75) is 45.2 Å². The van der Waals surface area contributed by atoms with Crippen LogP contribution in [0.25, 0.3) is 10.9 Å². The van der Waals surface area contributed by atoms with Crippen molar-refractivity contribution >= 4 is 28.2 Å². The van der Waals surface area contributed by atoms with Crippen LogP contribution < -0.4 is 5.32 Å². The Labute approximate surface area is 252 Å². The zero-order valence-corrected chi connectivity index (χ0v) is 24.5. The Morgan fingerprint density at radius 3 is 2.58 bits per heavy atom. The van der Waals surface area contributed by atoms with E-state index < -0.39 is 0 Å². The molecule has 43 heavy (non-hydrogen) atoms. The van der Waals surface area contributed by atoms with E-state index >= 15 is 0 Å². The monoisotopic (exact) mass is 571 g/mol. The van der Waals surface area contributed by atoms with Crippen LogP contribution >= 0.6 is 0 Å². The lowest BCUT2D eigenvalue weighted by atomic mass is 10.00. The third-order valence-corrected chi connectivity index (χ3v) is 8.13. The van der Waals surface area contributed by atoms with E-state index in [1.165, 1.54) is 24.8 Å². The number of H-pyrrole nitrogens is 1. The molecule has 218 valence electrons. The summed E-state index contributed by atoms with van der Waals surface area (Å²) in [5.74, 6) is -0.176. The normalized spacial score (nSPS) is 15.0. The Morgan fingerprint density at radius 2 is 1.81 bits per heavy atom. The van der Waals surface area contributed by atoms with Crippen LogP contribution in [0.2, 0.25) is 0 Å². The highest BCUT2D eigenvalue weighted by Crippen LogP contribution is 2.32. The molecule has 3 N–H and O–H groups in total. The molecule has 1 amide bonds. The van der Waals surface area contributed by atoms with Crippen molar-refractivity contribution in [2.24, 2.45) is 4.99 Å². The summed E-state index contributed by atoms with van der Waals surface area (Å²) in [4.78, 5) is 28.5. The minimum Gasteiger partial charge on any atom is -0.494 e. The number of aliphatic imine (C=N–C) groups is 1. The van der Waals surface area contributed by atoms with Crippen molar-refractivity contribution in [3.63, 3.8) is 0 Å². The van der Waals surface area contributed by atoms with Gasteiger partial charge >= 0.3 is 0 Å². The van der Waals surface area contributed by atoms with Gasteiger partial charge in [0.1, 0.15) is 0 Å². The summed E-state index contributed by atoms with van der Waals surface area (Å²) in [6.45, 7) is 5.20. The number of aromatic amines is 1. The third kappa shape index (κ3) is 6.52. The molecule has 0 aliphatic carbocycles. The number of aromatic hydroxyl groups is 1. The second-order valence-corrected chi connectivity index (χ2v) is 11.2. The molecule has 2 aromatic heterocycles. The number of piperidine rings is 1. The molecule has 1 atom stereocenters. The topological polar surface area (TPSA) is 93.6 Å². The van der Waals surface area contributed by atoms with Crippen molar-refractivity contribution in [3.05, 3.63) is 125 Å². The molecule has 7 heteroatoms. The van der Waals surface area contributed by atoms with Gasteiger partial charge in [-0.05, 0) is 85.9 Å². The van der Waals surface area contributed by atoms with Crippen LogP contribution in [-0.2, 0) is 6.54 Å². The van der Waals surface area contributed by atoms with E-state index in [1.54, 1.807) is 18.5 Å². The van der Waals surface area contributed by atoms with Gasteiger partial charge in [0, 0.05) is 41.0 Å². The second-order valence-electron chi connectivity index (χ2n) is 11.2. The van der Waals surface area contributed by atoms with Gasteiger partial charge in [0.25, 0.3) is 5.91 Å². The minimum atomic E-state index is -0.172. The summed E-state index contributed by atoms with van der Waals surface area (Å²) in [6, 6.07) is 27.4. The molecule has 3 heterocycles. The number of benzene rings is 3. The zero-order valence-electron chi connectivity index (χ0n) is 24.5. The Morgan fingerprint density at radius 1 is 0.977 bits per heavy atom. The van der Waals surface area contributed by atoms with E-state index in [0.717, 1.165) is 48.4 Å². The fourth-order valence-electron chi connectivity index (χ4n) is 5.90. The van der Waals surface area contributed by atoms with Gasteiger partial charge < -0.3 is 15.4 Å². The molecule has 3 aromatic carbocycles. The number of nitrogens with zero attached hydrogens (tertiary/aromatic N) is 3. The number of amides is 1. The maximum absolute atomic E-state index is 13.5. The molecule has 0 unspecified atom stereocenters. The maximum Gasteiger partial charge on any atom is 0.251 e. The van der Waals surface area contributed by atoms with E-state index in [-0.39, 0.29) is 17.8 Å². The lowest BCUT2D eigenvalue weighted by Gasteiger charge is -2.26. The number of fused-ring (bicyclic) bond motifs is 1. The molecule has 1 aliphatic heterocycles. The number of aromatic nitrogens is 2. The number of carbonyl (C=O) groups excluding carboxylic acids is 1. The van der Waals surface area contributed by atoms with Crippen LogP contribution in [0, 0.1) is 0 Å². The van der Waals surface area contributed by atoms with Gasteiger partial charge in [-0.2, -0.15) is 0 Å². The molecular weight excluding hydrogens is 534 g/mol. The van der Waals surface area contributed by atoms with Crippen molar-refractivity contribution in [2.75, 3.05) is 13.1 Å². The average molecular weight is 572 g/mol. The fraction of sp³-hybridized carbons (Fsp3) is 0.250. The van der Waals surface area contributed by atoms with Crippen molar-refractivity contribution in [1.29, 1.82) is 0 Å². The molecule has 7 nitrogen and oxygen atoms in total. The van der Waals surface area contributed by atoms with E-state index in [1.807, 2.05) is 66.7 Å². The summed E-state index contributed by atoms with van der Waals surface area (Å²) in [6.07, 6.45) is 8.02. The quantitative estimate of drug-likeness (QED) is 0.162. The molecule has 0 spiro atoms. The second kappa shape index (κ2) is 13.0. The van der Waals surface area contributed by atoms with Crippen LogP contribution in [0.4, 0.5) is 5.69 Å². The Bertz CT molecular complexity index is 1720. The number of nitrogens with one attached hydrogen (secondary N) is 2. The van der Waals surface area contributed by atoms with Gasteiger partial charge in [-0.3, -0.25) is 14.7 Å². The highest BCUT2D eigenvalue weighted by Gasteiger charge is 2.21. The summed E-state index contributed by atoms with van der Waals surface area (Å²) < 4.78 is 0. The van der Waals surface area contributed by atoms with E-state index in [4.69, 9.17) is 4.99 Å². The number of hydrogen-bond acceptors (Lipinski definition) is 5. The van der Waals surface area contributed by atoms with Gasteiger partial charge in [-0.1, -0.05) is 55.8 Å². The largest absolute Gasteiger partial charge is 0.494 e. The van der Waals surface area contributed by atoms with Crippen molar-refractivity contribution in [1.82, 2.24) is 20.2 Å². The number of carbonyl (C=O) groups is 1. The number of likely N-dealkylation sites (tertiary alicyclic amines) is 1. The molecule has 0 bridgehead atoms. The van der Waals surface area contributed by atoms with Crippen LogP contribution in [0.15, 0.2) is 102 Å². The van der Waals surface area contributed by atoms with E-state index in [2.05, 4.69) is 39.2 Å². The van der Waals surface area contributed by atoms with Gasteiger partial charge in [0.15, 0.2) is 5.88 Å². The van der Waals surface area contributed by atoms with Crippen LogP contribution in [0.1, 0.15) is 71.3 Å². The Balaban J connectivity index is 1.37. The van der Waals surface area contributed by atoms with Crippen LogP contribution in [0.3, 0.4) is 0 Å². The SMILES string of the molecule is CC[C@@H](NC(=O)c1ccc2[nH]c(O)c(C(=Nc3cccc(CN4CCCCC4)c3)c3cccnc3)c2c1)c1ccccc1. The van der Waals surface area contributed by atoms with Crippen molar-refractivity contribution in [3.8, 4) is 5.88 Å². The number of pyridine rings is 1. The Kier molecular flexibility index (Phi) is 8.61. The molecule has 1 saturated heterocycles. The fourth-order valence-corrected chi connectivity index (χ4v) is 5.90. The standard InChI is InChI=1S/C36H37N5O2/c1-2-31(26-12-5-3-6-13-26)39-35(42)27-16-17-32-30(22-27)33(36(43)40-32)34(28-14-10-18-37-23-28)38-29-15-9-11-25(21-29)24-41-19-7-4-8-20-41/h3,5-6,9-18,21-23,31,40,43H,2,4,7-8,19-20,24H2,1H3,(H,39,42)/t31-/m1/s1. The molecule has 0 radical (unpaired) electrons. The van der Waals surface area contributed by atoms with E-state index in [0.29, 0.717) is 22.2 Å². The van der Waals surface area contributed by atoms with Gasteiger partial charge in [-0.25, -0.2) is 4.99 Å². The molecule has 1 fully saturated rings. The first-order chi connectivity index (χ1) is 21.1. The third-order valence-electron chi connectivity index (χ3n) is 8.13. The summed E-state index contributed by atoms with van der Waals surface area (Å²) >= 11 is 0. The first-order valence-corrected chi connectivity index (χ1v) is 15.1. The minimum absolute atomic E-state index is 0.00430. The predicted molar refractivity (Wildman–Crippen MR) is 172 cm³/mol. The van der Waals surface area contributed by atoms with Crippen molar-refractivity contribution < 1.29 is 9.90 Å². The van der Waals surface area contributed by atoms with Gasteiger partial charge in [-0.15, -0.1) is 0 Å². The molecule has 0 saturated carbocycles. The molecule has 1 aliphatic rings. The smallest absolute Gasteiger partial charge is 0.251 e. The zero-order chi connectivity index (χ0) is 29.6. The summed E-state index contributed by atoms with van der Waals surface area (Å²) in [7, 11) is 0. The van der Waals surface area contributed by atoms with Gasteiger partial charge in [0.05, 0.1) is 23.0 Å². The summed E-state index contributed by atoms with van der Waals surface area (Å²) in [5.41, 5.74) is 6.18. The van der Waals surface area contributed by atoms with Crippen LogP contribution in [0.5, 0.6) is 5.88 Å². The maximum atomic E-state index is 13.5. The molecule has 6 rings (SSSR count). The average Bonchev–Trinajstić information content (AvgIpc) is 3.38. The Hall–Kier alpha value is -4.75. The highest BCUT2D eigenvalue weighted by molar-refractivity contribution is 6.22. The van der Waals surface area contributed by atoms with Crippen LogP contribution in [-0.4, -0.2) is 44.7 Å².